The molecular formula is C30H43N5O2S. The van der Waals surface area contributed by atoms with Crippen LogP contribution in [0.3, 0.4) is 0 Å². The van der Waals surface area contributed by atoms with Crippen molar-refractivity contribution in [3.05, 3.63) is 52.0 Å². The summed E-state index contributed by atoms with van der Waals surface area (Å²) >= 11 is 1.74. The van der Waals surface area contributed by atoms with Crippen molar-refractivity contribution in [2.75, 3.05) is 20.1 Å². The predicted molar refractivity (Wildman–Crippen MR) is 156 cm³/mol. The van der Waals surface area contributed by atoms with Gasteiger partial charge in [0.2, 0.25) is 5.91 Å². The monoisotopic (exact) mass is 537 g/mol. The molecule has 2 N–H and O–H groups in total. The molecule has 3 heterocycles. The number of amides is 2. The van der Waals surface area contributed by atoms with E-state index in [9.17, 15) is 9.59 Å². The molecule has 1 aliphatic heterocycles. The second-order valence-electron chi connectivity index (χ2n) is 10.5. The Kier molecular flexibility index (Phi) is 9.97. The first kappa shape index (κ1) is 28.3. The van der Waals surface area contributed by atoms with E-state index in [1.807, 2.05) is 25.1 Å². The van der Waals surface area contributed by atoms with Crippen molar-refractivity contribution < 1.29 is 9.59 Å². The van der Waals surface area contributed by atoms with Crippen molar-refractivity contribution in [1.29, 1.82) is 0 Å². The standard InChI is InChI=1S/C30H43N5O2S/c1-5-10-25(30(37)31-16-15-23-11-8-17-34(23)4)33-29(36)21-13-14-27-26(19-21)32-28(20-24-12-9-18-38-24)35(27)22(6-2)7-3/h9,12-14,18-19,22-23,25H,5-8,10-11,15-17,20H2,1-4H3,(H,31,37)(H,33,36). The Morgan fingerprint density at radius 2 is 2.00 bits per heavy atom. The number of carbonyl (C=O) groups is 2. The van der Waals surface area contributed by atoms with Crippen LogP contribution in [-0.4, -0.2) is 58.5 Å². The van der Waals surface area contributed by atoms with Crippen LogP contribution in [0.15, 0.2) is 35.7 Å². The normalized spacial score (nSPS) is 16.8. The van der Waals surface area contributed by atoms with Gasteiger partial charge in [-0.15, -0.1) is 11.3 Å². The maximum Gasteiger partial charge on any atom is 0.252 e. The van der Waals surface area contributed by atoms with Crippen molar-refractivity contribution in [1.82, 2.24) is 25.1 Å². The number of imidazole rings is 1. The van der Waals surface area contributed by atoms with Gasteiger partial charge in [-0.25, -0.2) is 4.98 Å². The van der Waals surface area contributed by atoms with Gasteiger partial charge in [0.15, 0.2) is 0 Å². The van der Waals surface area contributed by atoms with Gasteiger partial charge in [0, 0.05) is 35.5 Å². The van der Waals surface area contributed by atoms with E-state index >= 15 is 0 Å². The van der Waals surface area contributed by atoms with E-state index in [0.717, 1.165) is 55.5 Å². The Morgan fingerprint density at radius 3 is 2.66 bits per heavy atom. The molecule has 1 saturated heterocycles. The quantitative estimate of drug-likeness (QED) is 0.300. The van der Waals surface area contributed by atoms with Gasteiger partial charge in [-0.1, -0.05) is 33.3 Å². The average molecular weight is 538 g/mol. The number of likely N-dealkylation sites (tertiary alicyclic amines) is 1. The highest BCUT2D eigenvalue weighted by molar-refractivity contribution is 7.09. The minimum atomic E-state index is -0.541. The van der Waals surface area contributed by atoms with E-state index in [1.165, 1.54) is 17.7 Å². The Bertz CT molecular complexity index is 1200. The molecule has 0 radical (unpaired) electrons. The van der Waals surface area contributed by atoms with Crippen molar-refractivity contribution >= 4 is 34.2 Å². The van der Waals surface area contributed by atoms with Crippen molar-refractivity contribution in [3.63, 3.8) is 0 Å². The Morgan fingerprint density at radius 1 is 1.18 bits per heavy atom. The molecule has 38 heavy (non-hydrogen) atoms. The molecule has 0 spiro atoms. The van der Waals surface area contributed by atoms with Gasteiger partial charge >= 0.3 is 0 Å². The zero-order valence-electron chi connectivity index (χ0n) is 23.3. The van der Waals surface area contributed by atoms with Crippen molar-refractivity contribution in [2.45, 2.75) is 90.3 Å². The van der Waals surface area contributed by atoms with Gasteiger partial charge in [0.1, 0.15) is 11.9 Å². The summed E-state index contributed by atoms with van der Waals surface area (Å²) in [6.45, 7) is 8.22. The van der Waals surface area contributed by atoms with Gasteiger partial charge < -0.3 is 20.1 Å². The zero-order chi connectivity index (χ0) is 27.1. The number of benzene rings is 1. The fourth-order valence-corrected chi connectivity index (χ4v) is 6.37. The zero-order valence-corrected chi connectivity index (χ0v) is 24.2. The van der Waals surface area contributed by atoms with E-state index < -0.39 is 6.04 Å². The fourth-order valence-electron chi connectivity index (χ4n) is 5.67. The lowest BCUT2D eigenvalue weighted by Crippen LogP contribution is -2.47. The molecule has 1 fully saturated rings. The first-order valence-electron chi connectivity index (χ1n) is 14.3. The van der Waals surface area contributed by atoms with Gasteiger partial charge in [-0.05, 0) is 81.8 Å². The van der Waals surface area contributed by atoms with Crippen molar-refractivity contribution in [2.24, 2.45) is 0 Å². The molecule has 2 aromatic heterocycles. The Balaban J connectivity index is 1.48. The summed E-state index contributed by atoms with van der Waals surface area (Å²) in [6, 6.07) is 10.3. The highest BCUT2D eigenvalue weighted by Gasteiger charge is 2.24. The number of nitrogens with one attached hydrogen (secondary N) is 2. The molecule has 2 atom stereocenters. The molecule has 0 saturated carbocycles. The van der Waals surface area contributed by atoms with Crippen LogP contribution < -0.4 is 10.6 Å². The SMILES string of the molecule is CCCC(NC(=O)c1ccc2c(c1)nc(Cc1cccs1)n2C(CC)CC)C(=O)NCCC1CCCN1C. The number of rotatable bonds is 13. The van der Waals surface area contributed by atoms with E-state index in [0.29, 0.717) is 30.6 Å². The summed E-state index contributed by atoms with van der Waals surface area (Å²) in [5, 5.41) is 8.15. The summed E-state index contributed by atoms with van der Waals surface area (Å²) in [6.07, 6.45) is 7.59. The molecule has 7 nitrogen and oxygen atoms in total. The molecule has 8 heteroatoms. The number of nitrogens with zero attached hydrogens (tertiary/aromatic N) is 3. The van der Waals surface area contributed by atoms with Crippen LogP contribution in [0.1, 0.15) is 92.8 Å². The number of aromatic nitrogens is 2. The Labute approximate surface area is 231 Å². The predicted octanol–water partition coefficient (Wildman–Crippen LogP) is 5.55. The molecule has 1 aromatic carbocycles. The smallest absolute Gasteiger partial charge is 0.252 e. The highest BCUT2D eigenvalue weighted by atomic mass is 32.1. The molecule has 2 unspecified atom stereocenters. The largest absolute Gasteiger partial charge is 0.354 e. The summed E-state index contributed by atoms with van der Waals surface area (Å²) in [5.74, 6) is 0.705. The van der Waals surface area contributed by atoms with Crippen LogP contribution in [0.25, 0.3) is 11.0 Å². The third-order valence-corrected chi connectivity index (χ3v) is 8.77. The minimum Gasteiger partial charge on any atom is -0.354 e. The molecule has 1 aliphatic rings. The molecule has 3 aromatic rings. The van der Waals surface area contributed by atoms with E-state index in [4.69, 9.17) is 4.98 Å². The van der Waals surface area contributed by atoms with E-state index in [-0.39, 0.29) is 11.8 Å². The van der Waals surface area contributed by atoms with Gasteiger partial charge in [-0.2, -0.15) is 0 Å². The molecule has 0 bridgehead atoms. The summed E-state index contributed by atoms with van der Waals surface area (Å²) in [5.41, 5.74) is 2.42. The number of hydrogen-bond donors (Lipinski definition) is 2. The number of fused-ring (bicyclic) bond motifs is 1. The van der Waals surface area contributed by atoms with Crippen LogP contribution in [-0.2, 0) is 11.2 Å². The molecule has 4 rings (SSSR count). The minimum absolute atomic E-state index is 0.0989. The van der Waals surface area contributed by atoms with Gasteiger partial charge in [0.05, 0.1) is 11.0 Å². The molecule has 0 aliphatic carbocycles. The second-order valence-corrected chi connectivity index (χ2v) is 11.5. The maximum absolute atomic E-state index is 13.3. The first-order chi connectivity index (χ1) is 18.4. The van der Waals surface area contributed by atoms with Crippen LogP contribution >= 0.6 is 11.3 Å². The summed E-state index contributed by atoms with van der Waals surface area (Å²) < 4.78 is 2.35. The Hall–Kier alpha value is -2.71. The second kappa shape index (κ2) is 13.4. The fraction of sp³-hybridized carbons (Fsp3) is 0.567. The number of hydrogen-bond acceptors (Lipinski definition) is 5. The third-order valence-electron chi connectivity index (χ3n) is 7.89. The first-order valence-corrected chi connectivity index (χ1v) is 15.1. The van der Waals surface area contributed by atoms with Crippen LogP contribution in [0, 0.1) is 0 Å². The molecule has 2 amide bonds. The van der Waals surface area contributed by atoms with Crippen LogP contribution in [0.5, 0.6) is 0 Å². The maximum atomic E-state index is 13.3. The lowest BCUT2D eigenvalue weighted by atomic mass is 10.1. The lowest BCUT2D eigenvalue weighted by molar-refractivity contribution is -0.123. The van der Waals surface area contributed by atoms with Gasteiger partial charge in [0.25, 0.3) is 5.91 Å². The highest BCUT2D eigenvalue weighted by Crippen LogP contribution is 2.28. The summed E-state index contributed by atoms with van der Waals surface area (Å²) in [7, 11) is 2.15. The summed E-state index contributed by atoms with van der Waals surface area (Å²) in [4.78, 5) is 34.9. The van der Waals surface area contributed by atoms with Crippen LogP contribution in [0.4, 0.5) is 0 Å². The molecule has 206 valence electrons. The van der Waals surface area contributed by atoms with E-state index in [2.05, 4.69) is 58.5 Å². The lowest BCUT2D eigenvalue weighted by Gasteiger charge is -2.21. The topological polar surface area (TPSA) is 79.3 Å². The van der Waals surface area contributed by atoms with Gasteiger partial charge in [-0.3, -0.25) is 9.59 Å². The van der Waals surface area contributed by atoms with E-state index in [1.54, 1.807) is 11.3 Å². The number of carbonyl (C=O) groups excluding carboxylic acids is 2. The van der Waals surface area contributed by atoms with Crippen LogP contribution in [0.2, 0.25) is 0 Å². The number of thiophene rings is 1. The average Bonchev–Trinajstić information content (AvgIpc) is 3.65. The third kappa shape index (κ3) is 6.64. The molecular weight excluding hydrogens is 494 g/mol. The van der Waals surface area contributed by atoms with Crippen molar-refractivity contribution in [3.8, 4) is 0 Å².